The summed E-state index contributed by atoms with van der Waals surface area (Å²) in [6.07, 6.45) is 5.11. The van der Waals surface area contributed by atoms with E-state index < -0.39 is 29.1 Å². The molecule has 0 aliphatic rings. The summed E-state index contributed by atoms with van der Waals surface area (Å²) in [5, 5.41) is 3.40. The van der Waals surface area contributed by atoms with E-state index in [4.69, 9.17) is 21.1 Å². The maximum absolute atomic E-state index is 14.4. The van der Waals surface area contributed by atoms with Gasteiger partial charge in [0.25, 0.3) is 0 Å². The lowest BCUT2D eigenvalue weighted by atomic mass is 9.81. The first-order valence-corrected chi connectivity index (χ1v) is 13.9. The van der Waals surface area contributed by atoms with Crippen LogP contribution in [0.25, 0.3) is 11.1 Å². The highest BCUT2D eigenvalue weighted by Crippen LogP contribution is 2.30. The molecule has 0 fully saturated rings. The molecule has 0 saturated carbocycles. The Balaban J connectivity index is 2.40. The Morgan fingerprint density at radius 1 is 1.02 bits per heavy atom. The van der Waals surface area contributed by atoms with Crippen molar-refractivity contribution in [3.05, 3.63) is 96.8 Å². The second-order valence-electron chi connectivity index (χ2n) is 11.3. The van der Waals surface area contributed by atoms with Crippen LogP contribution in [-0.2, 0) is 20.7 Å². The third-order valence-electron chi connectivity index (χ3n) is 6.27. The van der Waals surface area contributed by atoms with Crippen LogP contribution in [0.15, 0.2) is 80.4 Å². The number of carbonyl (C=O) groups excluding carboxylic acids is 2. The zero-order chi connectivity index (χ0) is 30.6. The molecule has 0 bridgehead atoms. The summed E-state index contributed by atoms with van der Waals surface area (Å²) in [6, 6.07) is 11.3. The number of nitrogens with one attached hydrogen (secondary N) is 1. The van der Waals surface area contributed by atoms with Gasteiger partial charge in [-0.25, -0.2) is 9.18 Å². The van der Waals surface area contributed by atoms with Gasteiger partial charge in [-0.1, -0.05) is 60.7 Å². The zero-order valence-corrected chi connectivity index (χ0v) is 25.3. The smallest absolute Gasteiger partial charge is 0.407 e. The molecule has 1 amide bonds. The lowest BCUT2D eigenvalue weighted by Gasteiger charge is -2.36. The number of carbonyl (C=O) groups is 2. The monoisotopic (exact) mass is 584 g/mol. The van der Waals surface area contributed by atoms with Crippen LogP contribution in [0.1, 0.15) is 39.7 Å². The molecule has 0 aromatic heterocycles. The van der Waals surface area contributed by atoms with E-state index in [-0.39, 0.29) is 18.8 Å². The summed E-state index contributed by atoms with van der Waals surface area (Å²) in [4.78, 5) is 28.3. The van der Waals surface area contributed by atoms with Gasteiger partial charge < -0.3 is 14.8 Å². The summed E-state index contributed by atoms with van der Waals surface area (Å²) in [7, 11) is 0. The minimum atomic E-state index is -1.00. The molecule has 222 valence electrons. The molecule has 2 atom stereocenters. The van der Waals surface area contributed by atoms with Crippen LogP contribution in [0, 0.1) is 11.2 Å². The Kier molecular flexibility index (Phi) is 12.8. The third-order valence-corrected chi connectivity index (χ3v) is 6.50. The van der Waals surface area contributed by atoms with Gasteiger partial charge in [0.2, 0.25) is 0 Å². The molecule has 0 heterocycles. The van der Waals surface area contributed by atoms with Gasteiger partial charge in [-0.2, -0.15) is 0 Å². The van der Waals surface area contributed by atoms with Crippen LogP contribution >= 0.6 is 11.6 Å². The highest BCUT2D eigenvalue weighted by atomic mass is 35.5. The van der Waals surface area contributed by atoms with Gasteiger partial charge in [-0.3, -0.25) is 9.69 Å². The molecule has 0 aliphatic heterocycles. The zero-order valence-electron chi connectivity index (χ0n) is 24.6. The first-order valence-electron chi connectivity index (χ1n) is 13.6. The van der Waals surface area contributed by atoms with Crippen molar-refractivity contribution in [3.63, 3.8) is 0 Å². The average Bonchev–Trinajstić information content (AvgIpc) is 2.88. The van der Waals surface area contributed by atoms with Crippen LogP contribution in [-0.4, -0.2) is 54.8 Å². The minimum absolute atomic E-state index is 0.0724. The minimum Gasteiger partial charge on any atom is -0.461 e. The number of rotatable bonds is 15. The van der Waals surface area contributed by atoms with Crippen LogP contribution < -0.4 is 5.32 Å². The van der Waals surface area contributed by atoms with Crippen molar-refractivity contribution in [2.24, 2.45) is 5.41 Å². The second-order valence-corrected chi connectivity index (χ2v) is 11.7. The first-order chi connectivity index (χ1) is 19.3. The second kappa shape index (κ2) is 15.5. The fraction of sp³-hybridized carbons (Fsp3) is 0.394. The van der Waals surface area contributed by atoms with E-state index in [0.29, 0.717) is 42.2 Å². The fourth-order valence-electron chi connectivity index (χ4n) is 4.60. The number of halogens is 2. The lowest BCUT2D eigenvalue weighted by molar-refractivity contribution is -0.155. The number of amides is 1. The number of hydrogen-bond acceptors (Lipinski definition) is 5. The van der Waals surface area contributed by atoms with E-state index in [2.05, 4.69) is 25.1 Å². The highest BCUT2D eigenvalue weighted by molar-refractivity contribution is 6.30. The van der Waals surface area contributed by atoms with E-state index in [0.717, 1.165) is 5.56 Å². The van der Waals surface area contributed by atoms with Gasteiger partial charge in [0.1, 0.15) is 18.0 Å². The number of ether oxygens (including phenoxy) is 2. The van der Waals surface area contributed by atoms with Crippen LogP contribution in [0.3, 0.4) is 0 Å². The maximum atomic E-state index is 14.4. The fourth-order valence-corrected chi connectivity index (χ4v) is 4.77. The predicted octanol–water partition coefficient (Wildman–Crippen LogP) is 7.38. The molecule has 1 N–H and O–H groups in total. The van der Waals surface area contributed by atoms with Crippen molar-refractivity contribution < 1.29 is 23.5 Å². The van der Waals surface area contributed by atoms with Crippen LogP contribution in [0.4, 0.5) is 9.18 Å². The highest BCUT2D eigenvalue weighted by Gasteiger charge is 2.39. The van der Waals surface area contributed by atoms with E-state index >= 15 is 0 Å². The standard InChI is InChI=1S/C33H42ClFN2O4/c1-8-17-37(18-9-2)23-33(7,30(38)40-19-10-3)22-27(36-31(39)41-32(4,5)6)20-24-11-13-25(14-12-24)28-21-26(34)15-16-29(28)35/h8-16,21,27H,1-3,17-20,22-23H2,4-7H3,(H,36,39)/t27-,33+/m1/s1. The third kappa shape index (κ3) is 11.2. The van der Waals surface area contributed by atoms with Gasteiger partial charge in [-0.15, -0.1) is 13.2 Å². The van der Waals surface area contributed by atoms with E-state index in [1.807, 2.05) is 36.1 Å². The lowest BCUT2D eigenvalue weighted by Crippen LogP contribution is -2.49. The molecule has 8 heteroatoms. The maximum Gasteiger partial charge on any atom is 0.407 e. The Bertz CT molecular complexity index is 1200. The van der Waals surface area contributed by atoms with Gasteiger partial charge in [-0.05, 0) is 69.9 Å². The van der Waals surface area contributed by atoms with E-state index in [9.17, 15) is 14.0 Å². The SMILES string of the molecule is C=CCOC(=O)[C@@](C)(C[C@@H](Cc1ccc(-c2cc(Cl)ccc2F)cc1)NC(=O)OC(C)(C)C)CN(CC=C)CC=C. The number of esters is 1. The predicted molar refractivity (Wildman–Crippen MR) is 164 cm³/mol. The molecule has 0 spiro atoms. The molecular weight excluding hydrogens is 543 g/mol. The topological polar surface area (TPSA) is 67.9 Å². The van der Waals surface area contributed by atoms with Crippen molar-refractivity contribution in [1.29, 1.82) is 0 Å². The largest absolute Gasteiger partial charge is 0.461 e. The molecule has 6 nitrogen and oxygen atoms in total. The Morgan fingerprint density at radius 3 is 2.22 bits per heavy atom. The Morgan fingerprint density at radius 2 is 1.66 bits per heavy atom. The Labute approximate surface area is 248 Å². The molecule has 2 rings (SSSR count). The first kappa shape index (κ1) is 33.8. The average molecular weight is 585 g/mol. The van der Waals surface area contributed by atoms with Crippen LogP contribution in [0.5, 0.6) is 0 Å². The summed E-state index contributed by atoms with van der Waals surface area (Å²) in [5.41, 5.74) is 0.252. The quantitative estimate of drug-likeness (QED) is 0.175. The molecule has 0 radical (unpaired) electrons. The molecule has 0 aliphatic carbocycles. The molecular formula is C33H42ClFN2O4. The summed E-state index contributed by atoms with van der Waals surface area (Å²) in [6.45, 7) is 20.0. The normalized spacial score (nSPS) is 13.5. The van der Waals surface area contributed by atoms with Gasteiger partial charge >= 0.3 is 12.1 Å². The van der Waals surface area contributed by atoms with Gasteiger partial charge in [0.15, 0.2) is 0 Å². The van der Waals surface area contributed by atoms with Gasteiger partial charge in [0, 0.05) is 36.3 Å². The van der Waals surface area contributed by atoms with Crippen molar-refractivity contribution >= 4 is 23.7 Å². The molecule has 0 unspecified atom stereocenters. The summed E-state index contributed by atoms with van der Waals surface area (Å²) < 4.78 is 25.5. The molecule has 2 aromatic rings. The van der Waals surface area contributed by atoms with E-state index in [1.54, 1.807) is 39.0 Å². The van der Waals surface area contributed by atoms with Crippen molar-refractivity contribution in [1.82, 2.24) is 10.2 Å². The summed E-state index contributed by atoms with van der Waals surface area (Å²) in [5.74, 6) is -0.776. The Hall–Kier alpha value is -3.42. The van der Waals surface area contributed by atoms with Crippen molar-refractivity contribution in [2.45, 2.75) is 52.2 Å². The van der Waals surface area contributed by atoms with Crippen molar-refractivity contribution in [2.75, 3.05) is 26.2 Å². The van der Waals surface area contributed by atoms with Crippen LogP contribution in [0.2, 0.25) is 5.02 Å². The number of hydrogen-bond donors (Lipinski definition) is 1. The van der Waals surface area contributed by atoms with E-state index in [1.165, 1.54) is 18.2 Å². The molecule has 0 saturated heterocycles. The number of alkyl carbamates (subject to hydrolysis) is 1. The van der Waals surface area contributed by atoms with Gasteiger partial charge in [0.05, 0.1) is 5.41 Å². The summed E-state index contributed by atoms with van der Waals surface area (Å²) >= 11 is 6.08. The molecule has 2 aromatic carbocycles. The molecule has 41 heavy (non-hydrogen) atoms. The number of nitrogens with zero attached hydrogens (tertiary/aromatic N) is 1. The van der Waals surface area contributed by atoms with Crippen molar-refractivity contribution in [3.8, 4) is 11.1 Å². The number of benzene rings is 2.